The van der Waals surface area contributed by atoms with Crippen LogP contribution in [0.15, 0.2) is 102 Å². The van der Waals surface area contributed by atoms with E-state index in [-0.39, 0.29) is 33.1 Å². The summed E-state index contributed by atoms with van der Waals surface area (Å²) in [5.74, 6) is -10.0. The van der Waals surface area contributed by atoms with Crippen molar-refractivity contribution in [2.75, 3.05) is 14.2 Å². The van der Waals surface area contributed by atoms with Crippen molar-refractivity contribution in [3.05, 3.63) is 115 Å². The van der Waals surface area contributed by atoms with E-state index in [1.165, 1.54) is 24.3 Å². The largest absolute Gasteiger partial charge is 0.504 e. The molecule has 0 aliphatic heterocycles. The molecule has 0 bridgehead atoms. The van der Waals surface area contributed by atoms with Gasteiger partial charge in [0.2, 0.25) is 11.6 Å². The van der Waals surface area contributed by atoms with Crippen molar-refractivity contribution in [2.45, 2.75) is 24.7 Å². The minimum absolute atomic E-state index is 0.0937. The molecule has 0 amide bonds. The first-order chi connectivity index (χ1) is 21.1. The number of hydrogen-bond donors (Lipinski definition) is 2. The van der Waals surface area contributed by atoms with Gasteiger partial charge in [0.1, 0.15) is 11.2 Å². The van der Waals surface area contributed by atoms with E-state index in [9.17, 15) is 39.0 Å². The molecule has 224 valence electrons. The zero-order chi connectivity index (χ0) is 31.7. The van der Waals surface area contributed by atoms with Crippen LogP contribution in [-0.4, -0.2) is 47.9 Å². The number of Topliss-reactive ketones (excluding diaryl/α,β-unsaturated/α-hetero) is 2. The summed E-state index contributed by atoms with van der Waals surface area (Å²) in [6.07, 6.45) is 0.598. The lowest BCUT2D eigenvalue weighted by molar-refractivity contribution is -0.142. The van der Waals surface area contributed by atoms with E-state index in [4.69, 9.17) is 18.3 Å². The first-order valence-corrected chi connectivity index (χ1v) is 13.2. The first-order valence-electron chi connectivity index (χ1n) is 13.2. The SMILES string of the molecule is COC(=O)C[C@@H](C1=C(O)C(=O)C([C@H](CC(=O)OC)c2coc3ccccc3c2=O)=C(O)C1=O)c1coc2ccccc2c1=O. The van der Waals surface area contributed by atoms with Crippen LogP contribution in [-0.2, 0) is 28.7 Å². The monoisotopic (exact) mass is 600 g/mol. The summed E-state index contributed by atoms with van der Waals surface area (Å²) in [7, 11) is 2.12. The highest BCUT2D eigenvalue weighted by molar-refractivity contribution is 6.24. The van der Waals surface area contributed by atoms with Crippen molar-refractivity contribution < 1.29 is 47.7 Å². The number of carbonyl (C=O) groups excluding carboxylic acids is 4. The Morgan fingerprint density at radius 3 is 1.39 bits per heavy atom. The van der Waals surface area contributed by atoms with Crippen molar-refractivity contribution in [2.24, 2.45) is 0 Å². The molecule has 2 aromatic carbocycles. The number of fused-ring (bicyclic) bond motifs is 2. The van der Waals surface area contributed by atoms with Gasteiger partial charge in [-0.15, -0.1) is 0 Å². The molecule has 44 heavy (non-hydrogen) atoms. The topological polar surface area (TPSA) is 188 Å². The molecule has 0 saturated heterocycles. The van der Waals surface area contributed by atoms with Crippen LogP contribution >= 0.6 is 0 Å². The van der Waals surface area contributed by atoms with Gasteiger partial charge in [-0.25, -0.2) is 0 Å². The van der Waals surface area contributed by atoms with Gasteiger partial charge < -0.3 is 28.5 Å². The molecule has 4 aromatic rings. The maximum Gasteiger partial charge on any atom is 0.306 e. The van der Waals surface area contributed by atoms with Crippen LogP contribution in [0.2, 0.25) is 0 Å². The zero-order valence-electron chi connectivity index (χ0n) is 23.3. The predicted molar refractivity (Wildman–Crippen MR) is 153 cm³/mol. The molecular formula is C32H24O12. The van der Waals surface area contributed by atoms with E-state index in [1.807, 2.05) is 0 Å². The van der Waals surface area contributed by atoms with Crippen LogP contribution in [0.3, 0.4) is 0 Å². The molecule has 0 spiro atoms. The van der Waals surface area contributed by atoms with Gasteiger partial charge in [0, 0.05) is 23.0 Å². The van der Waals surface area contributed by atoms with Gasteiger partial charge in [0.15, 0.2) is 22.4 Å². The third-order valence-corrected chi connectivity index (χ3v) is 7.49. The van der Waals surface area contributed by atoms with Crippen LogP contribution in [0, 0.1) is 0 Å². The lowest BCUT2D eigenvalue weighted by Gasteiger charge is -2.26. The summed E-state index contributed by atoms with van der Waals surface area (Å²) in [5.41, 5.74) is -3.00. The Kier molecular flexibility index (Phi) is 7.99. The quantitative estimate of drug-likeness (QED) is 0.221. The van der Waals surface area contributed by atoms with E-state index in [0.29, 0.717) is 0 Å². The van der Waals surface area contributed by atoms with Crippen molar-refractivity contribution in [1.29, 1.82) is 0 Å². The highest BCUT2D eigenvalue weighted by Crippen LogP contribution is 2.40. The van der Waals surface area contributed by atoms with Gasteiger partial charge in [0.05, 0.1) is 61.5 Å². The molecule has 0 fully saturated rings. The molecule has 2 N–H and O–H groups in total. The average molecular weight is 601 g/mol. The second-order valence-electron chi connectivity index (χ2n) is 9.88. The number of allylic oxidation sites excluding steroid dienone is 2. The summed E-state index contributed by atoms with van der Waals surface area (Å²) in [4.78, 5) is 79.2. The maximum absolute atomic E-state index is 13.8. The fourth-order valence-corrected chi connectivity index (χ4v) is 5.26. The van der Waals surface area contributed by atoms with Crippen molar-refractivity contribution in [3.8, 4) is 0 Å². The zero-order valence-corrected chi connectivity index (χ0v) is 23.3. The number of methoxy groups -OCH3 is 2. The van der Waals surface area contributed by atoms with Crippen LogP contribution in [0.25, 0.3) is 21.9 Å². The summed E-state index contributed by atoms with van der Waals surface area (Å²) in [6, 6.07) is 12.3. The Morgan fingerprint density at radius 2 is 1.02 bits per heavy atom. The lowest BCUT2D eigenvalue weighted by atomic mass is 9.76. The van der Waals surface area contributed by atoms with E-state index >= 15 is 0 Å². The number of aliphatic hydroxyl groups excluding tert-OH is 2. The smallest absolute Gasteiger partial charge is 0.306 e. The molecule has 2 atom stereocenters. The van der Waals surface area contributed by atoms with Gasteiger partial charge in [-0.2, -0.15) is 0 Å². The lowest BCUT2D eigenvalue weighted by Crippen LogP contribution is -2.33. The molecule has 0 saturated carbocycles. The predicted octanol–water partition coefficient (Wildman–Crippen LogP) is 3.67. The number of hydrogen-bond acceptors (Lipinski definition) is 12. The highest BCUT2D eigenvalue weighted by atomic mass is 16.5. The Hall–Kier alpha value is -5.78. The summed E-state index contributed by atoms with van der Waals surface area (Å²) >= 11 is 0. The standard InChI is InChI=1S/C32H24O12/c1-41-23(33)11-17(19-13-43-21-9-5-3-7-15(21)27(19)35)25-29(37)31(39)26(32(40)30(25)38)18(12-24(34)42-2)20-14-44-22-10-6-4-8-16(22)28(20)36/h3-10,13-14,17-18,37,40H,11-12H2,1-2H3/t17-,18-/m1/s1. The molecule has 5 rings (SSSR count). The number of rotatable bonds is 8. The fourth-order valence-electron chi connectivity index (χ4n) is 5.26. The van der Waals surface area contributed by atoms with Gasteiger partial charge in [-0.3, -0.25) is 28.8 Å². The van der Waals surface area contributed by atoms with Gasteiger partial charge in [0.25, 0.3) is 0 Å². The maximum atomic E-state index is 13.8. The molecule has 12 heteroatoms. The second-order valence-corrected chi connectivity index (χ2v) is 9.88. The number of carbonyl (C=O) groups is 4. The number of aliphatic hydroxyl groups is 2. The number of para-hydroxylation sites is 2. The van der Waals surface area contributed by atoms with E-state index in [2.05, 4.69) is 0 Å². The number of benzene rings is 2. The minimum atomic E-state index is -1.59. The fraction of sp³-hybridized carbons (Fsp3) is 0.188. The summed E-state index contributed by atoms with van der Waals surface area (Å²) < 4.78 is 20.5. The summed E-state index contributed by atoms with van der Waals surface area (Å²) in [6.45, 7) is 0. The molecule has 12 nitrogen and oxygen atoms in total. The van der Waals surface area contributed by atoms with Crippen molar-refractivity contribution >= 4 is 45.4 Å². The van der Waals surface area contributed by atoms with Crippen LogP contribution < -0.4 is 10.9 Å². The van der Waals surface area contributed by atoms with Crippen molar-refractivity contribution in [1.82, 2.24) is 0 Å². The Bertz CT molecular complexity index is 1890. The Balaban J connectivity index is 1.69. The van der Waals surface area contributed by atoms with Crippen LogP contribution in [0.4, 0.5) is 0 Å². The van der Waals surface area contributed by atoms with E-state index in [0.717, 1.165) is 26.7 Å². The second kappa shape index (κ2) is 11.8. The molecule has 0 unspecified atom stereocenters. The first kappa shape index (κ1) is 29.7. The third-order valence-electron chi connectivity index (χ3n) is 7.49. The minimum Gasteiger partial charge on any atom is -0.504 e. The van der Waals surface area contributed by atoms with Gasteiger partial charge >= 0.3 is 11.9 Å². The molecule has 1 aliphatic rings. The normalized spacial score (nSPS) is 15.0. The van der Waals surface area contributed by atoms with Gasteiger partial charge in [-0.1, -0.05) is 24.3 Å². The molecular weight excluding hydrogens is 576 g/mol. The molecule has 2 aromatic heterocycles. The molecule has 0 radical (unpaired) electrons. The Morgan fingerprint density at radius 1 is 0.659 bits per heavy atom. The van der Waals surface area contributed by atoms with E-state index < -0.39 is 81.7 Å². The van der Waals surface area contributed by atoms with Crippen LogP contribution in [0.5, 0.6) is 0 Å². The highest BCUT2D eigenvalue weighted by Gasteiger charge is 2.44. The number of ketones is 2. The molecule has 2 heterocycles. The third kappa shape index (κ3) is 5.06. The van der Waals surface area contributed by atoms with Gasteiger partial charge in [-0.05, 0) is 24.3 Å². The Labute approximate surface area is 247 Å². The molecule has 1 aliphatic carbocycles. The number of esters is 2. The van der Waals surface area contributed by atoms with Crippen LogP contribution in [0.1, 0.15) is 35.8 Å². The van der Waals surface area contributed by atoms with E-state index in [1.54, 1.807) is 24.3 Å². The number of ether oxygens (including phenoxy) is 2. The van der Waals surface area contributed by atoms with Crippen molar-refractivity contribution in [3.63, 3.8) is 0 Å². The average Bonchev–Trinajstić information content (AvgIpc) is 3.03. The summed E-state index contributed by atoms with van der Waals surface area (Å²) in [5, 5.41) is 22.6.